The van der Waals surface area contributed by atoms with Gasteiger partial charge in [0.1, 0.15) is 0 Å². The molecule has 1 aromatic carbocycles. The van der Waals surface area contributed by atoms with E-state index >= 15 is 0 Å². The Morgan fingerprint density at radius 3 is 2.76 bits per heavy atom. The first-order valence-corrected chi connectivity index (χ1v) is 5.69. The molecule has 1 fully saturated rings. The maximum Gasteiger partial charge on any atom is 0.194 e. The Kier molecular flexibility index (Phi) is 3.81. The first kappa shape index (κ1) is 12.1. The van der Waals surface area contributed by atoms with Crippen molar-refractivity contribution in [3.63, 3.8) is 0 Å². The zero-order valence-corrected chi connectivity index (χ0v) is 9.87. The van der Waals surface area contributed by atoms with Crippen LogP contribution in [0, 0.1) is 5.82 Å². The van der Waals surface area contributed by atoms with Crippen LogP contribution in [0.4, 0.5) is 4.39 Å². The van der Waals surface area contributed by atoms with Gasteiger partial charge >= 0.3 is 0 Å². The summed E-state index contributed by atoms with van der Waals surface area (Å²) in [4.78, 5) is 2.24. The fraction of sp³-hybridized carbons (Fsp3) is 0.500. The first-order valence-electron chi connectivity index (χ1n) is 5.69. The molecular formula is C12H17FN2O2. The van der Waals surface area contributed by atoms with Crippen LogP contribution in [0.25, 0.3) is 0 Å². The number of methoxy groups -OCH3 is 1. The summed E-state index contributed by atoms with van der Waals surface area (Å²) < 4.78 is 18.2. The zero-order chi connectivity index (χ0) is 12.3. The Balaban J connectivity index is 2.17. The highest BCUT2D eigenvalue weighted by atomic mass is 19.1. The smallest absolute Gasteiger partial charge is 0.194 e. The monoisotopic (exact) mass is 240 g/mol. The lowest BCUT2D eigenvalue weighted by Gasteiger charge is -2.27. The van der Waals surface area contributed by atoms with Crippen LogP contribution < -0.4 is 10.1 Å². The molecule has 4 nitrogen and oxygen atoms in total. The van der Waals surface area contributed by atoms with Crippen molar-refractivity contribution in [2.24, 2.45) is 0 Å². The van der Waals surface area contributed by atoms with Crippen molar-refractivity contribution in [3.05, 3.63) is 23.5 Å². The van der Waals surface area contributed by atoms with Crippen molar-refractivity contribution in [2.45, 2.75) is 6.54 Å². The van der Waals surface area contributed by atoms with E-state index in [1.165, 1.54) is 13.2 Å². The number of hydrogen-bond acceptors (Lipinski definition) is 4. The predicted molar refractivity (Wildman–Crippen MR) is 62.8 cm³/mol. The van der Waals surface area contributed by atoms with Crippen LogP contribution in [0.1, 0.15) is 5.56 Å². The Morgan fingerprint density at radius 2 is 2.12 bits per heavy atom. The van der Waals surface area contributed by atoms with Gasteiger partial charge in [0.2, 0.25) is 0 Å². The number of phenolic OH excluding ortho intramolecular Hbond substituents is 1. The minimum absolute atomic E-state index is 0.239. The third-order valence-corrected chi connectivity index (χ3v) is 2.97. The maximum absolute atomic E-state index is 13.2. The summed E-state index contributed by atoms with van der Waals surface area (Å²) in [5.74, 6) is -0.811. The summed E-state index contributed by atoms with van der Waals surface area (Å²) in [7, 11) is 1.44. The van der Waals surface area contributed by atoms with Crippen LogP contribution in [0.3, 0.4) is 0 Å². The lowest BCUT2D eigenvalue weighted by atomic mass is 10.1. The van der Waals surface area contributed by atoms with Crippen molar-refractivity contribution < 1.29 is 14.2 Å². The van der Waals surface area contributed by atoms with Crippen LogP contribution in [-0.4, -0.2) is 43.3 Å². The molecule has 0 spiro atoms. The highest BCUT2D eigenvalue weighted by Crippen LogP contribution is 2.33. The average molecular weight is 240 g/mol. The van der Waals surface area contributed by atoms with E-state index in [1.54, 1.807) is 6.07 Å². The number of halogens is 1. The van der Waals surface area contributed by atoms with Gasteiger partial charge in [-0.2, -0.15) is 0 Å². The molecule has 2 N–H and O–H groups in total. The SMILES string of the molecule is COc1c(CN2CCNCC2)ccc(F)c1O. The van der Waals surface area contributed by atoms with Gasteiger partial charge in [0.15, 0.2) is 17.3 Å². The zero-order valence-electron chi connectivity index (χ0n) is 9.87. The molecule has 2 rings (SSSR count). The summed E-state index contributed by atoms with van der Waals surface area (Å²) in [5, 5.41) is 12.8. The van der Waals surface area contributed by atoms with Gasteiger partial charge in [-0.05, 0) is 6.07 Å². The van der Waals surface area contributed by atoms with Crippen LogP contribution in [0.15, 0.2) is 12.1 Å². The number of rotatable bonds is 3. The summed E-state index contributed by atoms with van der Waals surface area (Å²) >= 11 is 0. The lowest BCUT2D eigenvalue weighted by Crippen LogP contribution is -2.42. The number of ether oxygens (including phenoxy) is 1. The van der Waals surface area contributed by atoms with Crippen LogP contribution in [0.2, 0.25) is 0 Å². The molecule has 0 aromatic heterocycles. The minimum Gasteiger partial charge on any atom is -0.502 e. The number of phenols is 1. The molecule has 17 heavy (non-hydrogen) atoms. The molecule has 94 valence electrons. The fourth-order valence-corrected chi connectivity index (χ4v) is 2.05. The Hall–Kier alpha value is -1.33. The minimum atomic E-state index is -0.647. The maximum atomic E-state index is 13.2. The van der Waals surface area contributed by atoms with E-state index in [0.717, 1.165) is 31.7 Å². The summed E-state index contributed by atoms with van der Waals surface area (Å²) in [6.07, 6.45) is 0. The molecule has 0 radical (unpaired) electrons. The third kappa shape index (κ3) is 2.68. The molecule has 0 saturated carbocycles. The number of nitrogens with one attached hydrogen (secondary N) is 1. The van der Waals surface area contributed by atoms with Crippen molar-refractivity contribution in [2.75, 3.05) is 33.3 Å². The molecule has 0 bridgehead atoms. The molecule has 0 aliphatic carbocycles. The molecular weight excluding hydrogens is 223 g/mol. The second-order valence-electron chi connectivity index (χ2n) is 4.11. The second kappa shape index (κ2) is 5.33. The van der Waals surface area contributed by atoms with Crippen LogP contribution in [0.5, 0.6) is 11.5 Å². The van der Waals surface area contributed by atoms with Crippen molar-refractivity contribution in [1.29, 1.82) is 0 Å². The van der Waals surface area contributed by atoms with Crippen molar-refractivity contribution in [1.82, 2.24) is 10.2 Å². The van der Waals surface area contributed by atoms with E-state index in [2.05, 4.69) is 10.2 Å². The number of benzene rings is 1. The van der Waals surface area contributed by atoms with Crippen molar-refractivity contribution in [3.8, 4) is 11.5 Å². The second-order valence-corrected chi connectivity index (χ2v) is 4.11. The molecule has 1 aliphatic heterocycles. The number of nitrogens with zero attached hydrogens (tertiary/aromatic N) is 1. The highest BCUT2D eigenvalue weighted by Gasteiger charge is 2.17. The summed E-state index contributed by atoms with van der Waals surface area (Å²) in [6.45, 7) is 4.46. The number of piperazine rings is 1. The Labute approximate surface area is 100.0 Å². The van der Waals surface area contributed by atoms with Gasteiger partial charge in [-0.25, -0.2) is 4.39 Å². The van der Waals surface area contributed by atoms with Gasteiger partial charge in [0.05, 0.1) is 7.11 Å². The molecule has 5 heteroatoms. The quantitative estimate of drug-likeness (QED) is 0.825. The molecule has 1 heterocycles. The van der Waals surface area contributed by atoms with Gasteiger partial charge < -0.3 is 15.2 Å². The van der Waals surface area contributed by atoms with E-state index in [1.807, 2.05) is 0 Å². The van der Waals surface area contributed by atoms with Crippen molar-refractivity contribution >= 4 is 0 Å². The summed E-state index contributed by atoms with van der Waals surface area (Å²) in [6, 6.07) is 2.94. The fourth-order valence-electron chi connectivity index (χ4n) is 2.05. The van der Waals surface area contributed by atoms with Gasteiger partial charge in [-0.15, -0.1) is 0 Å². The molecule has 0 atom stereocenters. The van der Waals surface area contributed by atoms with Gasteiger partial charge in [0.25, 0.3) is 0 Å². The first-order chi connectivity index (χ1) is 8.22. The predicted octanol–water partition coefficient (Wildman–Crippen LogP) is 0.945. The standard InChI is InChI=1S/C12H17FN2O2/c1-17-12-9(2-3-10(13)11(12)16)8-15-6-4-14-5-7-15/h2-3,14,16H,4-8H2,1H3. The van der Waals surface area contributed by atoms with E-state index in [4.69, 9.17) is 4.74 Å². The van der Waals surface area contributed by atoms with Crippen LogP contribution in [-0.2, 0) is 6.54 Å². The Bertz CT molecular complexity index is 392. The lowest BCUT2D eigenvalue weighted by molar-refractivity contribution is 0.229. The van der Waals surface area contributed by atoms with Gasteiger partial charge in [0, 0.05) is 38.3 Å². The molecule has 0 amide bonds. The number of aromatic hydroxyl groups is 1. The average Bonchev–Trinajstić information content (AvgIpc) is 2.36. The van der Waals surface area contributed by atoms with E-state index in [9.17, 15) is 9.50 Å². The number of hydrogen-bond donors (Lipinski definition) is 2. The largest absolute Gasteiger partial charge is 0.502 e. The normalized spacial score (nSPS) is 17.1. The van der Waals surface area contributed by atoms with E-state index in [-0.39, 0.29) is 5.75 Å². The molecule has 0 unspecified atom stereocenters. The van der Waals surface area contributed by atoms with Gasteiger partial charge in [-0.1, -0.05) is 6.07 Å². The van der Waals surface area contributed by atoms with E-state index < -0.39 is 11.6 Å². The Morgan fingerprint density at radius 1 is 1.41 bits per heavy atom. The highest BCUT2D eigenvalue weighted by molar-refractivity contribution is 5.46. The third-order valence-electron chi connectivity index (χ3n) is 2.97. The summed E-state index contributed by atoms with van der Waals surface area (Å²) in [5.41, 5.74) is 0.813. The van der Waals surface area contributed by atoms with Gasteiger partial charge in [-0.3, -0.25) is 4.90 Å². The van der Waals surface area contributed by atoms with E-state index in [0.29, 0.717) is 6.54 Å². The van der Waals surface area contributed by atoms with Crippen LogP contribution >= 0.6 is 0 Å². The molecule has 1 aromatic rings. The molecule has 1 aliphatic rings. The topological polar surface area (TPSA) is 44.7 Å². The molecule has 1 saturated heterocycles.